The van der Waals surface area contributed by atoms with E-state index in [1.807, 2.05) is 11.3 Å². The van der Waals surface area contributed by atoms with E-state index in [1.54, 1.807) is 0 Å². The molecule has 0 amide bonds. The zero-order valence-electron chi connectivity index (χ0n) is 11.7. The Labute approximate surface area is 134 Å². The van der Waals surface area contributed by atoms with Crippen molar-refractivity contribution in [1.82, 2.24) is 5.32 Å². The highest BCUT2D eigenvalue weighted by molar-refractivity contribution is 9.10. The first kappa shape index (κ1) is 15.9. The molecule has 0 aromatic carbocycles. The van der Waals surface area contributed by atoms with Gasteiger partial charge in [0, 0.05) is 20.8 Å². The number of rotatable bonds is 7. The van der Waals surface area contributed by atoms with Crippen molar-refractivity contribution in [3.05, 3.63) is 20.8 Å². The van der Waals surface area contributed by atoms with Crippen molar-refractivity contribution in [3.8, 4) is 0 Å². The molecule has 1 aliphatic rings. The summed E-state index contributed by atoms with van der Waals surface area (Å²) in [7, 11) is 0. The summed E-state index contributed by atoms with van der Waals surface area (Å²) in [6, 6.07) is 2.95. The summed E-state index contributed by atoms with van der Waals surface area (Å²) in [6.45, 7) is 3.40. The van der Waals surface area contributed by atoms with E-state index in [1.165, 1.54) is 53.0 Å². The summed E-state index contributed by atoms with van der Waals surface area (Å²) >= 11 is 7.57. The summed E-state index contributed by atoms with van der Waals surface area (Å²) in [4.78, 5) is 1.51. The largest absolute Gasteiger partial charge is 0.314 e. The lowest BCUT2D eigenvalue weighted by atomic mass is 9.92. The molecule has 1 atom stereocenters. The van der Waals surface area contributed by atoms with Crippen LogP contribution in [0.4, 0.5) is 0 Å². The maximum Gasteiger partial charge on any atom is 0.0285 e. The van der Waals surface area contributed by atoms with E-state index in [2.05, 4.69) is 51.4 Å². The molecule has 1 saturated heterocycles. The number of hydrogen-bond acceptors (Lipinski definition) is 3. The van der Waals surface area contributed by atoms with Crippen LogP contribution in [-0.2, 0) is 6.42 Å². The van der Waals surface area contributed by atoms with E-state index in [4.69, 9.17) is 0 Å². The van der Waals surface area contributed by atoms with E-state index in [-0.39, 0.29) is 0 Å². The molecule has 2 rings (SSSR count). The molecular formula is C15H24BrNS2. The molecule has 0 saturated carbocycles. The zero-order chi connectivity index (χ0) is 13.5. The summed E-state index contributed by atoms with van der Waals surface area (Å²) in [5, 5.41) is 5.96. The first-order valence-electron chi connectivity index (χ1n) is 7.32. The highest BCUT2D eigenvalue weighted by Crippen LogP contribution is 2.28. The molecule has 1 nitrogen and oxygen atoms in total. The lowest BCUT2D eigenvalue weighted by Crippen LogP contribution is -2.34. The predicted molar refractivity (Wildman–Crippen MR) is 92.5 cm³/mol. The van der Waals surface area contributed by atoms with Crippen molar-refractivity contribution >= 4 is 39.0 Å². The molecule has 0 aliphatic carbocycles. The second-order valence-electron chi connectivity index (χ2n) is 5.38. The number of halogens is 1. The minimum absolute atomic E-state index is 0.665. The smallest absolute Gasteiger partial charge is 0.0285 e. The number of thiophene rings is 1. The SMILES string of the molecule is CCCNC(Cc1cc(Br)cs1)CC1CCSCC1. The van der Waals surface area contributed by atoms with Crippen molar-refractivity contribution < 1.29 is 0 Å². The lowest BCUT2D eigenvalue weighted by molar-refractivity contribution is 0.363. The van der Waals surface area contributed by atoms with Crippen LogP contribution in [0.2, 0.25) is 0 Å². The van der Waals surface area contributed by atoms with Crippen LogP contribution >= 0.6 is 39.0 Å². The van der Waals surface area contributed by atoms with Gasteiger partial charge in [0.25, 0.3) is 0 Å². The van der Waals surface area contributed by atoms with E-state index in [0.717, 1.165) is 12.5 Å². The van der Waals surface area contributed by atoms with Gasteiger partial charge in [0.2, 0.25) is 0 Å². The van der Waals surface area contributed by atoms with Gasteiger partial charge in [-0.25, -0.2) is 0 Å². The Morgan fingerprint density at radius 3 is 2.84 bits per heavy atom. The third-order valence-corrected chi connectivity index (χ3v) is 6.48. The Bertz CT molecular complexity index is 361. The zero-order valence-corrected chi connectivity index (χ0v) is 14.9. The molecule has 4 heteroatoms. The molecule has 1 aliphatic heterocycles. The number of hydrogen-bond donors (Lipinski definition) is 1. The Morgan fingerprint density at radius 1 is 1.42 bits per heavy atom. The van der Waals surface area contributed by atoms with Crippen molar-refractivity contribution in [2.75, 3.05) is 18.1 Å². The summed E-state index contributed by atoms with van der Waals surface area (Å²) < 4.78 is 1.23. The Hall–Kier alpha value is 0.490. The maximum atomic E-state index is 3.76. The predicted octanol–water partition coefficient (Wildman–Crippen LogP) is 4.95. The molecular weight excluding hydrogens is 338 g/mol. The molecule has 2 heterocycles. The fraction of sp³-hybridized carbons (Fsp3) is 0.733. The van der Waals surface area contributed by atoms with Crippen LogP contribution in [0.25, 0.3) is 0 Å². The molecule has 0 bridgehead atoms. The van der Waals surface area contributed by atoms with Crippen LogP contribution in [0.5, 0.6) is 0 Å². The lowest BCUT2D eigenvalue weighted by Gasteiger charge is -2.27. The van der Waals surface area contributed by atoms with E-state index in [0.29, 0.717) is 6.04 Å². The maximum absolute atomic E-state index is 3.76. The molecule has 19 heavy (non-hydrogen) atoms. The van der Waals surface area contributed by atoms with Gasteiger partial charge < -0.3 is 5.32 Å². The molecule has 108 valence electrons. The van der Waals surface area contributed by atoms with Gasteiger partial charge in [-0.2, -0.15) is 11.8 Å². The molecule has 1 aromatic rings. The summed E-state index contributed by atoms with van der Waals surface area (Å²) in [5.41, 5.74) is 0. The van der Waals surface area contributed by atoms with Crippen molar-refractivity contribution in [1.29, 1.82) is 0 Å². The fourth-order valence-corrected chi connectivity index (χ4v) is 5.41. The highest BCUT2D eigenvalue weighted by Gasteiger charge is 2.19. The van der Waals surface area contributed by atoms with E-state index < -0.39 is 0 Å². The van der Waals surface area contributed by atoms with Crippen LogP contribution < -0.4 is 5.32 Å². The van der Waals surface area contributed by atoms with Gasteiger partial charge >= 0.3 is 0 Å². The average Bonchev–Trinajstić information content (AvgIpc) is 2.82. The average molecular weight is 362 g/mol. The van der Waals surface area contributed by atoms with Gasteiger partial charge in [0.05, 0.1) is 0 Å². The van der Waals surface area contributed by atoms with Crippen LogP contribution in [-0.4, -0.2) is 24.1 Å². The van der Waals surface area contributed by atoms with E-state index in [9.17, 15) is 0 Å². The second-order valence-corrected chi connectivity index (χ2v) is 8.51. The normalized spacial score (nSPS) is 18.6. The molecule has 0 spiro atoms. The Morgan fingerprint density at radius 2 is 2.21 bits per heavy atom. The van der Waals surface area contributed by atoms with Gasteiger partial charge in [0.1, 0.15) is 0 Å². The third-order valence-electron chi connectivity index (χ3n) is 3.71. The van der Waals surface area contributed by atoms with Gasteiger partial charge in [-0.15, -0.1) is 11.3 Å². The fourth-order valence-electron chi connectivity index (χ4n) is 2.68. The van der Waals surface area contributed by atoms with Crippen LogP contribution in [0.3, 0.4) is 0 Å². The number of thioether (sulfide) groups is 1. The minimum atomic E-state index is 0.665. The monoisotopic (exact) mass is 361 g/mol. The van der Waals surface area contributed by atoms with Gasteiger partial charge in [-0.3, -0.25) is 0 Å². The van der Waals surface area contributed by atoms with Gasteiger partial charge in [-0.05, 0) is 78.1 Å². The van der Waals surface area contributed by atoms with E-state index >= 15 is 0 Å². The first-order chi connectivity index (χ1) is 9.28. The highest BCUT2D eigenvalue weighted by atomic mass is 79.9. The molecule has 1 fully saturated rings. The third kappa shape index (κ3) is 5.78. The standard InChI is InChI=1S/C15H24BrNS2/c1-2-5-17-14(8-12-3-6-18-7-4-12)10-15-9-13(16)11-19-15/h9,11-12,14,17H,2-8,10H2,1H3. The first-order valence-corrected chi connectivity index (χ1v) is 10.1. The molecule has 1 N–H and O–H groups in total. The summed E-state index contributed by atoms with van der Waals surface area (Å²) in [6.07, 6.45) is 6.62. The molecule has 0 radical (unpaired) electrons. The topological polar surface area (TPSA) is 12.0 Å². The van der Waals surface area contributed by atoms with Crippen molar-refractivity contribution in [3.63, 3.8) is 0 Å². The second kappa shape index (κ2) is 8.71. The van der Waals surface area contributed by atoms with Crippen molar-refractivity contribution in [2.24, 2.45) is 5.92 Å². The quantitative estimate of drug-likeness (QED) is 0.736. The van der Waals surface area contributed by atoms with Crippen molar-refractivity contribution in [2.45, 2.75) is 45.1 Å². The van der Waals surface area contributed by atoms with Gasteiger partial charge in [-0.1, -0.05) is 6.92 Å². The minimum Gasteiger partial charge on any atom is -0.314 e. The molecule has 1 aromatic heterocycles. The molecule has 1 unspecified atom stereocenters. The summed E-state index contributed by atoms with van der Waals surface area (Å²) in [5.74, 6) is 3.69. The van der Waals surface area contributed by atoms with Crippen LogP contribution in [0.1, 0.15) is 37.5 Å². The number of nitrogens with one attached hydrogen (secondary N) is 1. The Balaban J connectivity index is 1.86. The van der Waals surface area contributed by atoms with Crippen LogP contribution in [0.15, 0.2) is 15.9 Å². The van der Waals surface area contributed by atoms with Gasteiger partial charge in [0.15, 0.2) is 0 Å². The van der Waals surface area contributed by atoms with Crippen LogP contribution in [0, 0.1) is 5.92 Å². The Kier molecular flexibility index (Phi) is 7.27.